The molecule has 3 aliphatic rings. The lowest BCUT2D eigenvalue weighted by Gasteiger charge is -2.45. The fraction of sp³-hybridized carbons (Fsp3) is 0.721. The number of esters is 1. The van der Waals surface area contributed by atoms with Crippen LogP contribution in [0.25, 0.3) is 10.8 Å². The molecule has 0 unspecified atom stereocenters. The Morgan fingerprint density at radius 2 is 1.57 bits per heavy atom. The molecule has 0 aliphatic carbocycles. The van der Waals surface area contributed by atoms with Gasteiger partial charge in [-0.3, -0.25) is 24.3 Å². The number of piperazine rings is 1. The van der Waals surface area contributed by atoms with Crippen LogP contribution in [0.1, 0.15) is 73.3 Å². The van der Waals surface area contributed by atoms with Crippen LogP contribution >= 0.6 is 0 Å². The molecular formula is C43H68N4O6. The van der Waals surface area contributed by atoms with Gasteiger partial charge in [0.15, 0.2) is 12.1 Å². The molecule has 53 heavy (non-hydrogen) atoms. The summed E-state index contributed by atoms with van der Waals surface area (Å²) < 4.78 is 25.8. The van der Waals surface area contributed by atoms with Gasteiger partial charge in [-0.15, -0.1) is 0 Å². The molecule has 2 aromatic carbocycles. The van der Waals surface area contributed by atoms with Crippen molar-refractivity contribution in [3.05, 3.63) is 48.0 Å². The number of carbonyl (C=O) groups excluding carboxylic acids is 2. The van der Waals surface area contributed by atoms with Crippen LogP contribution in [0.5, 0.6) is 0 Å². The predicted molar refractivity (Wildman–Crippen MR) is 211 cm³/mol. The van der Waals surface area contributed by atoms with Gasteiger partial charge in [0.2, 0.25) is 0 Å². The normalized spacial score (nSPS) is 34.7. The first-order valence-electron chi connectivity index (χ1n) is 19.9. The second kappa shape index (κ2) is 17.6. The molecule has 0 N–H and O–H groups in total. The number of Topliss-reactive ketones (excluding diaryl/α,β-unsaturated/α-hetero) is 1. The van der Waals surface area contributed by atoms with Gasteiger partial charge in [-0.25, -0.2) is 0 Å². The van der Waals surface area contributed by atoms with Crippen molar-refractivity contribution in [2.24, 2.45) is 17.3 Å². The maximum atomic E-state index is 14.4. The Kier molecular flexibility index (Phi) is 13.8. The number of hydrogen-bond donors (Lipinski definition) is 0. The molecule has 10 heteroatoms. The number of benzene rings is 2. The molecule has 9 atom stereocenters. The molecule has 3 saturated heterocycles. The molecule has 5 rings (SSSR count). The number of cyclic esters (lactones) is 1. The van der Waals surface area contributed by atoms with Crippen molar-refractivity contribution >= 4 is 22.5 Å². The van der Waals surface area contributed by atoms with Gasteiger partial charge in [0.05, 0.1) is 23.9 Å². The number of hydrogen-bond acceptors (Lipinski definition) is 10. The van der Waals surface area contributed by atoms with Crippen LogP contribution in [-0.2, 0) is 35.1 Å². The lowest BCUT2D eigenvalue weighted by atomic mass is 9.74. The Morgan fingerprint density at radius 3 is 2.23 bits per heavy atom. The van der Waals surface area contributed by atoms with Crippen LogP contribution in [-0.4, -0.2) is 141 Å². The van der Waals surface area contributed by atoms with Crippen LogP contribution < -0.4 is 0 Å². The standard InChI is InChI=1S/C43H68N4O6/c1-29-25-43(7,50-11)40(53-38-24-36(44(8)9)22-30(2)51-38)31(3)39(48)42(5,6)41(49)52-32(4)37(45(10)26-29)28-47-20-18-46(19-21-47)27-33-16-17-34-14-12-13-15-35(34)23-33/h12-17,23,29-32,36-38,40H,18-22,24-28H2,1-11H3/t29-,30-,31+,32+,36+,37+,38+,40-,43-/m1/s1. The third-order valence-electron chi connectivity index (χ3n) is 12.4. The zero-order chi connectivity index (χ0) is 38.7. The molecule has 3 aliphatic heterocycles. The summed E-state index contributed by atoms with van der Waals surface area (Å²) in [5.41, 5.74) is -0.861. The molecular weight excluding hydrogens is 668 g/mol. The summed E-state index contributed by atoms with van der Waals surface area (Å²) >= 11 is 0. The van der Waals surface area contributed by atoms with Crippen LogP contribution in [0.3, 0.4) is 0 Å². The summed E-state index contributed by atoms with van der Waals surface area (Å²) in [6, 6.07) is 15.5. The highest BCUT2D eigenvalue weighted by Crippen LogP contribution is 2.38. The quantitative estimate of drug-likeness (QED) is 0.249. The van der Waals surface area contributed by atoms with Gasteiger partial charge in [-0.05, 0) is 96.9 Å². The van der Waals surface area contributed by atoms with Gasteiger partial charge in [0.25, 0.3) is 0 Å². The van der Waals surface area contributed by atoms with E-state index in [1.165, 1.54) is 16.3 Å². The highest BCUT2D eigenvalue weighted by atomic mass is 16.7. The highest BCUT2D eigenvalue weighted by molar-refractivity contribution is 6.04. The Bertz CT molecular complexity index is 1530. The minimum Gasteiger partial charge on any atom is -0.460 e. The Hall–Kier alpha value is -2.44. The van der Waals surface area contributed by atoms with Crippen molar-refractivity contribution in [1.82, 2.24) is 19.6 Å². The van der Waals surface area contributed by atoms with Crippen molar-refractivity contribution in [3.63, 3.8) is 0 Å². The lowest BCUT2D eigenvalue weighted by Crippen LogP contribution is -2.55. The molecule has 0 saturated carbocycles. The number of likely N-dealkylation sites (N-methyl/N-ethyl adjacent to an activating group) is 1. The van der Waals surface area contributed by atoms with Crippen LogP contribution in [0.15, 0.2) is 42.5 Å². The number of methoxy groups -OCH3 is 1. The highest BCUT2D eigenvalue weighted by Gasteiger charge is 2.51. The third kappa shape index (κ3) is 10.1. The zero-order valence-corrected chi connectivity index (χ0v) is 34.5. The summed E-state index contributed by atoms with van der Waals surface area (Å²) in [6.45, 7) is 19.9. The molecule has 2 aromatic rings. The fourth-order valence-corrected chi connectivity index (χ4v) is 9.07. The van der Waals surface area contributed by atoms with E-state index in [4.69, 9.17) is 18.9 Å². The summed E-state index contributed by atoms with van der Waals surface area (Å²) in [5, 5.41) is 2.55. The zero-order valence-electron chi connectivity index (χ0n) is 34.5. The van der Waals surface area contributed by atoms with Gasteiger partial charge >= 0.3 is 5.97 Å². The van der Waals surface area contributed by atoms with Gasteiger partial charge in [-0.2, -0.15) is 0 Å². The summed E-state index contributed by atoms with van der Waals surface area (Å²) in [7, 11) is 8.01. The summed E-state index contributed by atoms with van der Waals surface area (Å²) in [5.74, 6) is -1.17. The predicted octanol–water partition coefficient (Wildman–Crippen LogP) is 5.71. The number of nitrogens with zero attached hydrogens (tertiary/aromatic N) is 4. The van der Waals surface area contributed by atoms with Crippen molar-refractivity contribution in [3.8, 4) is 0 Å². The van der Waals surface area contributed by atoms with Gasteiger partial charge < -0.3 is 23.8 Å². The van der Waals surface area contributed by atoms with E-state index >= 15 is 0 Å². The smallest absolute Gasteiger partial charge is 0.319 e. The molecule has 3 heterocycles. The van der Waals surface area contributed by atoms with Gasteiger partial charge in [0.1, 0.15) is 11.5 Å². The maximum absolute atomic E-state index is 14.4. The van der Waals surface area contributed by atoms with E-state index in [-0.39, 0.29) is 23.8 Å². The topological polar surface area (TPSA) is 84.0 Å². The monoisotopic (exact) mass is 737 g/mol. The van der Waals surface area contributed by atoms with Crippen molar-refractivity contribution in [2.75, 3.05) is 67.5 Å². The van der Waals surface area contributed by atoms with Crippen molar-refractivity contribution in [1.29, 1.82) is 0 Å². The number of fused-ring (bicyclic) bond motifs is 1. The Balaban J connectivity index is 1.32. The Labute approximate surface area is 319 Å². The molecule has 0 amide bonds. The fourth-order valence-electron chi connectivity index (χ4n) is 9.07. The van der Waals surface area contributed by atoms with Crippen LogP contribution in [0.4, 0.5) is 0 Å². The summed E-state index contributed by atoms with van der Waals surface area (Å²) in [4.78, 5) is 38.0. The first kappa shape index (κ1) is 41.7. The second-order valence-electron chi connectivity index (χ2n) is 17.5. The van der Waals surface area contributed by atoms with E-state index in [1.807, 2.05) is 13.8 Å². The van der Waals surface area contributed by atoms with Gasteiger partial charge in [-0.1, -0.05) is 50.2 Å². The molecule has 10 nitrogen and oxygen atoms in total. The summed E-state index contributed by atoms with van der Waals surface area (Å²) in [6.07, 6.45) is 0.727. The number of rotatable bonds is 8. The van der Waals surface area contributed by atoms with Gasteiger partial charge in [0, 0.05) is 71.3 Å². The lowest BCUT2D eigenvalue weighted by molar-refractivity contribution is -0.263. The first-order valence-corrected chi connectivity index (χ1v) is 19.9. The second-order valence-corrected chi connectivity index (χ2v) is 17.5. The number of ketones is 1. The van der Waals surface area contributed by atoms with Crippen molar-refractivity contribution in [2.45, 2.75) is 117 Å². The number of carbonyl (C=O) groups is 2. The minimum atomic E-state index is -1.38. The molecule has 296 valence electrons. The SMILES string of the molecule is CO[C@]1(C)C[C@@H](C)CN(C)[C@@H](CN2CCN(Cc3ccc4ccccc4c3)CC2)[C@H](C)OC(=O)C(C)(C)C(=O)[C@H](C)[C@H]1O[C@H]1C[C@@H](N(C)C)C[C@@H](C)O1. The maximum Gasteiger partial charge on any atom is 0.319 e. The molecule has 3 fully saturated rings. The third-order valence-corrected chi connectivity index (χ3v) is 12.4. The average molecular weight is 737 g/mol. The average Bonchev–Trinajstić information content (AvgIpc) is 3.12. The van der Waals surface area contributed by atoms with Crippen LogP contribution in [0, 0.1) is 17.3 Å². The molecule has 0 bridgehead atoms. The van der Waals surface area contributed by atoms with E-state index in [0.717, 1.165) is 52.2 Å². The van der Waals surface area contributed by atoms with E-state index in [0.29, 0.717) is 18.9 Å². The molecule has 0 spiro atoms. The molecule has 0 radical (unpaired) electrons. The van der Waals surface area contributed by atoms with Crippen molar-refractivity contribution < 1.29 is 28.5 Å². The molecule has 0 aromatic heterocycles. The van der Waals surface area contributed by atoms with E-state index < -0.39 is 41.4 Å². The minimum absolute atomic E-state index is 0.0146. The number of ether oxygens (including phenoxy) is 4. The van der Waals surface area contributed by atoms with E-state index in [2.05, 4.69) is 104 Å². The Morgan fingerprint density at radius 1 is 0.906 bits per heavy atom. The van der Waals surface area contributed by atoms with Crippen LogP contribution in [0.2, 0.25) is 0 Å². The van der Waals surface area contributed by atoms with E-state index in [9.17, 15) is 9.59 Å². The first-order chi connectivity index (χ1) is 25.0. The largest absolute Gasteiger partial charge is 0.460 e. The van der Waals surface area contributed by atoms with E-state index in [1.54, 1.807) is 21.0 Å².